The van der Waals surface area contributed by atoms with Crippen LogP contribution in [-0.4, -0.2) is 20.9 Å². The van der Waals surface area contributed by atoms with Crippen LogP contribution in [0.4, 0.5) is 0 Å². The summed E-state index contributed by atoms with van der Waals surface area (Å²) in [7, 11) is 2.02. The number of carboxylic acid groups (broad SMARTS) is 1. The fraction of sp³-hybridized carbons (Fsp3) is 0.385. The van der Waals surface area contributed by atoms with E-state index in [0.29, 0.717) is 5.56 Å². The summed E-state index contributed by atoms with van der Waals surface area (Å²) < 4.78 is 2.00. The van der Waals surface area contributed by atoms with Crippen LogP contribution in [0.1, 0.15) is 67.6 Å². The molecule has 2 heterocycles. The molecule has 0 unspecified atom stereocenters. The van der Waals surface area contributed by atoms with Gasteiger partial charge in [0.15, 0.2) is 0 Å². The van der Waals surface area contributed by atoms with Crippen LogP contribution in [0.2, 0.25) is 0 Å². The molecule has 160 valence electrons. The van der Waals surface area contributed by atoms with Gasteiger partial charge in [0, 0.05) is 34.4 Å². The van der Waals surface area contributed by atoms with Crippen molar-refractivity contribution in [2.45, 2.75) is 62.0 Å². The number of thioether (sulfide) groups is 1. The number of fused-ring (bicyclic) bond motifs is 4. The second-order valence-corrected chi connectivity index (χ2v) is 11.1. The minimum absolute atomic E-state index is 0.163. The predicted molar refractivity (Wildman–Crippen MR) is 126 cm³/mol. The largest absolute Gasteiger partial charge is 0.478 e. The number of benzene rings is 2. The molecule has 1 aromatic heterocycles. The molecule has 0 amide bonds. The summed E-state index contributed by atoms with van der Waals surface area (Å²) in [5.41, 5.74) is 9.22. The Morgan fingerprint density at radius 1 is 1.03 bits per heavy atom. The SMILES string of the molecule is Cn1nc(-c2ccc(C(=O)O)cc2)c2c1-c1cc3c(cc1SC2)C(C)(C)CCC3(C)C. The second kappa shape index (κ2) is 6.73. The maximum absolute atomic E-state index is 11.2. The van der Waals surface area contributed by atoms with E-state index in [4.69, 9.17) is 5.10 Å². The van der Waals surface area contributed by atoms with Gasteiger partial charge in [-0.25, -0.2) is 4.79 Å². The standard InChI is InChI=1S/C26H28N2O2S/c1-25(2)10-11-26(3,4)20-13-21-17(12-19(20)25)23-18(14-31-21)22(27-28(23)5)15-6-8-16(9-7-15)24(29)30/h6-9,12-13H,10-11,14H2,1-5H3,(H,29,30). The number of nitrogens with zero attached hydrogens (tertiary/aromatic N) is 2. The van der Waals surface area contributed by atoms with Gasteiger partial charge < -0.3 is 5.11 Å². The predicted octanol–water partition coefficient (Wildman–Crippen LogP) is 6.41. The number of carbonyl (C=O) groups is 1. The Hall–Kier alpha value is -2.53. The highest BCUT2D eigenvalue weighted by molar-refractivity contribution is 7.98. The van der Waals surface area contributed by atoms with Crippen molar-refractivity contribution < 1.29 is 9.90 Å². The third kappa shape index (κ3) is 3.13. The molecule has 0 bridgehead atoms. The molecule has 1 aliphatic carbocycles. The molecule has 5 heteroatoms. The van der Waals surface area contributed by atoms with Gasteiger partial charge in [-0.3, -0.25) is 4.68 Å². The molecule has 31 heavy (non-hydrogen) atoms. The van der Waals surface area contributed by atoms with Gasteiger partial charge in [-0.2, -0.15) is 5.10 Å². The van der Waals surface area contributed by atoms with Crippen molar-refractivity contribution in [1.82, 2.24) is 9.78 Å². The molecule has 5 rings (SSSR count). The van der Waals surface area contributed by atoms with Crippen LogP contribution in [0.3, 0.4) is 0 Å². The first-order chi connectivity index (χ1) is 14.6. The zero-order valence-electron chi connectivity index (χ0n) is 18.7. The third-order valence-corrected chi connectivity index (χ3v) is 8.21. The Balaban J connectivity index is 1.67. The highest BCUT2D eigenvalue weighted by Crippen LogP contribution is 2.52. The van der Waals surface area contributed by atoms with Crippen molar-refractivity contribution in [2.75, 3.05) is 0 Å². The summed E-state index contributed by atoms with van der Waals surface area (Å²) in [5.74, 6) is -0.0381. The van der Waals surface area contributed by atoms with Crippen molar-refractivity contribution in [1.29, 1.82) is 0 Å². The van der Waals surface area contributed by atoms with Gasteiger partial charge in [0.2, 0.25) is 0 Å². The van der Waals surface area contributed by atoms with Crippen LogP contribution >= 0.6 is 11.8 Å². The lowest BCUT2D eigenvalue weighted by atomic mass is 9.63. The van der Waals surface area contributed by atoms with Crippen molar-refractivity contribution in [3.8, 4) is 22.5 Å². The zero-order chi connectivity index (χ0) is 22.1. The van der Waals surface area contributed by atoms with Gasteiger partial charge in [-0.15, -0.1) is 11.8 Å². The average Bonchev–Trinajstić information content (AvgIpc) is 3.07. The summed E-state index contributed by atoms with van der Waals surface area (Å²) >= 11 is 1.89. The molecule has 0 atom stereocenters. The van der Waals surface area contributed by atoms with Crippen molar-refractivity contribution in [3.63, 3.8) is 0 Å². The second-order valence-electron chi connectivity index (χ2n) is 10.1. The van der Waals surface area contributed by atoms with Gasteiger partial charge in [0.25, 0.3) is 0 Å². The van der Waals surface area contributed by atoms with Crippen LogP contribution in [0.15, 0.2) is 41.3 Å². The Labute approximate surface area is 187 Å². The van der Waals surface area contributed by atoms with Gasteiger partial charge in [0.05, 0.1) is 17.0 Å². The van der Waals surface area contributed by atoms with Crippen molar-refractivity contribution >= 4 is 17.7 Å². The van der Waals surface area contributed by atoms with E-state index in [-0.39, 0.29) is 10.8 Å². The molecule has 1 N–H and O–H groups in total. The highest BCUT2D eigenvalue weighted by Gasteiger charge is 2.39. The number of aromatic nitrogens is 2. The van der Waals surface area contributed by atoms with E-state index in [2.05, 4.69) is 39.8 Å². The van der Waals surface area contributed by atoms with Crippen LogP contribution in [0.25, 0.3) is 22.5 Å². The van der Waals surface area contributed by atoms with E-state index >= 15 is 0 Å². The summed E-state index contributed by atoms with van der Waals surface area (Å²) in [6, 6.07) is 11.9. The normalized spacial score (nSPS) is 18.1. The van der Waals surface area contributed by atoms with E-state index in [1.165, 1.54) is 45.7 Å². The first-order valence-electron chi connectivity index (χ1n) is 10.8. The maximum Gasteiger partial charge on any atom is 0.335 e. The van der Waals surface area contributed by atoms with Crippen LogP contribution < -0.4 is 0 Å². The van der Waals surface area contributed by atoms with E-state index in [9.17, 15) is 9.90 Å². The minimum atomic E-state index is -0.908. The fourth-order valence-corrected chi connectivity index (χ4v) is 6.18. The lowest BCUT2D eigenvalue weighted by molar-refractivity contribution is 0.0697. The summed E-state index contributed by atoms with van der Waals surface area (Å²) in [6.45, 7) is 9.47. The number of carboxylic acids is 1. The first-order valence-corrected chi connectivity index (χ1v) is 11.8. The molecule has 0 spiro atoms. The maximum atomic E-state index is 11.2. The molecule has 0 saturated carbocycles. The number of hydrogen-bond donors (Lipinski definition) is 1. The number of aryl methyl sites for hydroxylation is 1. The number of hydrogen-bond acceptors (Lipinski definition) is 3. The minimum Gasteiger partial charge on any atom is -0.478 e. The van der Waals surface area contributed by atoms with Gasteiger partial charge in [-0.05, 0) is 59.1 Å². The molecular formula is C26H28N2O2S. The van der Waals surface area contributed by atoms with Crippen LogP contribution in [0.5, 0.6) is 0 Å². The van der Waals surface area contributed by atoms with Gasteiger partial charge >= 0.3 is 5.97 Å². The summed E-state index contributed by atoms with van der Waals surface area (Å²) in [5, 5.41) is 14.1. The van der Waals surface area contributed by atoms with E-state index in [1.54, 1.807) is 12.1 Å². The third-order valence-electron chi connectivity index (χ3n) is 7.13. The monoisotopic (exact) mass is 432 g/mol. The molecular weight excluding hydrogens is 404 g/mol. The van der Waals surface area contributed by atoms with E-state index in [0.717, 1.165) is 17.0 Å². The van der Waals surface area contributed by atoms with Crippen LogP contribution in [-0.2, 0) is 23.6 Å². The molecule has 4 nitrogen and oxygen atoms in total. The number of aromatic carboxylic acids is 1. The Morgan fingerprint density at radius 2 is 1.65 bits per heavy atom. The Kier molecular flexibility index (Phi) is 4.43. The lowest BCUT2D eigenvalue weighted by Crippen LogP contribution is -2.34. The van der Waals surface area contributed by atoms with E-state index < -0.39 is 5.97 Å². The lowest BCUT2D eigenvalue weighted by Gasteiger charge is -2.42. The van der Waals surface area contributed by atoms with E-state index in [1.807, 2.05) is 35.6 Å². The summed E-state index contributed by atoms with van der Waals surface area (Å²) in [4.78, 5) is 12.6. The average molecular weight is 433 g/mol. The Bertz CT molecular complexity index is 1220. The molecule has 3 aromatic rings. The molecule has 0 radical (unpaired) electrons. The zero-order valence-corrected chi connectivity index (χ0v) is 19.6. The van der Waals surface area contributed by atoms with Gasteiger partial charge in [-0.1, -0.05) is 39.8 Å². The van der Waals surface area contributed by atoms with Crippen LogP contribution in [0, 0.1) is 0 Å². The molecule has 0 saturated heterocycles. The molecule has 2 aliphatic rings. The van der Waals surface area contributed by atoms with Crippen molar-refractivity contribution in [3.05, 3.63) is 58.7 Å². The topological polar surface area (TPSA) is 55.1 Å². The quantitative estimate of drug-likeness (QED) is 0.508. The van der Waals surface area contributed by atoms with Gasteiger partial charge in [0.1, 0.15) is 0 Å². The fourth-order valence-electron chi connectivity index (χ4n) is 5.09. The molecule has 2 aromatic carbocycles. The number of rotatable bonds is 2. The summed E-state index contributed by atoms with van der Waals surface area (Å²) in [6.07, 6.45) is 2.41. The Morgan fingerprint density at radius 3 is 2.26 bits per heavy atom. The smallest absolute Gasteiger partial charge is 0.335 e. The highest BCUT2D eigenvalue weighted by atomic mass is 32.2. The molecule has 1 aliphatic heterocycles. The molecule has 0 fully saturated rings. The van der Waals surface area contributed by atoms with Crippen molar-refractivity contribution in [2.24, 2.45) is 7.05 Å². The first kappa shape index (κ1) is 20.4.